The highest BCUT2D eigenvalue weighted by molar-refractivity contribution is 6.62. The van der Waals surface area contributed by atoms with Crippen molar-refractivity contribution >= 4 is 18.2 Å². The molecule has 2 nitrogen and oxygen atoms in total. The molecule has 1 fully saturated rings. The van der Waals surface area contributed by atoms with Crippen molar-refractivity contribution < 1.29 is 9.31 Å². The number of rotatable bonds is 3. The van der Waals surface area contributed by atoms with Crippen molar-refractivity contribution in [3.63, 3.8) is 0 Å². The zero-order valence-corrected chi connectivity index (χ0v) is 12.6. The van der Waals surface area contributed by atoms with Crippen LogP contribution in [0.2, 0.25) is 0 Å². The van der Waals surface area contributed by atoms with Crippen LogP contribution in [-0.4, -0.2) is 18.3 Å². The van der Waals surface area contributed by atoms with Crippen molar-refractivity contribution in [2.75, 3.05) is 0 Å². The van der Waals surface area contributed by atoms with E-state index in [0.717, 1.165) is 17.5 Å². The predicted octanol–water partition coefficient (Wildman–Crippen LogP) is 3.41. The second kappa shape index (κ2) is 4.80. The zero-order chi connectivity index (χ0) is 14.3. The van der Waals surface area contributed by atoms with Gasteiger partial charge < -0.3 is 9.31 Å². The van der Waals surface area contributed by atoms with Gasteiger partial charge >= 0.3 is 7.12 Å². The summed E-state index contributed by atoms with van der Waals surface area (Å²) < 4.78 is 12.1. The normalized spacial score (nSPS) is 20.6. The standard InChI is InChI=1S/C16H23BO2/c1-7-12(2)13-8-10-14(11-9-13)17-18-15(3,4)16(5,6)19-17/h8-11H,2,7H2,1,3-6H3. The molecule has 0 N–H and O–H groups in total. The predicted molar refractivity (Wildman–Crippen MR) is 81.5 cm³/mol. The molecule has 2 rings (SSSR count). The molecule has 1 aliphatic rings. The van der Waals surface area contributed by atoms with Crippen LogP contribution in [0.15, 0.2) is 30.8 Å². The molecule has 1 aromatic rings. The molecule has 0 aliphatic carbocycles. The van der Waals surface area contributed by atoms with E-state index in [1.165, 1.54) is 5.56 Å². The molecule has 0 spiro atoms. The third-order valence-corrected chi connectivity index (χ3v) is 4.27. The lowest BCUT2D eigenvalue weighted by atomic mass is 9.78. The molecule has 0 radical (unpaired) electrons. The Labute approximate surface area is 117 Å². The smallest absolute Gasteiger partial charge is 0.399 e. The van der Waals surface area contributed by atoms with Crippen LogP contribution in [0.3, 0.4) is 0 Å². The molecule has 0 saturated carbocycles. The Morgan fingerprint density at radius 2 is 1.53 bits per heavy atom. The highest BCUT2D eigenvalue weighted by Gasteiger charge is 2.51. The van der Waals surface area contributed by atoms with Gasteiger partial charge in [-0.2, -0.15) is 0 Å². The molecular formula is C16H23BO2. The Kier molecular flexibility index (Phi) is 3.63. The fourth-order valence-corrected chi connectivity index (χ4v) is 2.06. The Balaban J connectivity index is 2.19. The molecule has 1 aromatic carbocycles. The summed E-state index contributed by atoms with van der Waals surface area (Å²) in [6, 6.07) is 8.31. The number of allylic oxidation sites excluding steroid dienone is 1. The summed E-state index contributed by atoms with van der Waals surface area (Å²) in [7, 11) is -0.283. The largest absolute Gasteiger partial charge is 0.494 e. The molecule has 0 bridgehead atoms. The molecule has 0 amide bonds. The summed E-state index contributed by atoms with van der Waals surface area (Å²) in [5.74, 6) is 0. The Bertz CT molecular complexity index is 458. The minimum Gasteiger partial charge on any atom is -0.399 e. The van der Waals surface area contributed by atoms with Crippen LogP contribution >= 0.6 is 0 Å². The van der Waals surface area contributed by atoms with Gasteiger partial charge in [-0.25, -0.2) is 0 Å². The van der Waals surface area contributed by atoms with E-state index in [1.807, 2.05) is 0 Å². The maximum absolute atomic E-state index is 6.03. The zero-order valence-electron chi connectivity index (χ0n) is 12.6. The highest BCUT2D eigenvalue weighted by atomic mass is 16.7. The average Bonchev–Trinajstić information content (AvgIpc) is 2.58. The van der Waals surface area contributed by atoms with Crippen LogP contribution in [0, 0.1) is 0 Å². The first-order valence-electron chi connectivity index (χ1n) is 6.90. The third-order valence-electron chi connectivity index (χ3n) is 4.27. The van der Waals surface area contributed by atoms with Crippen molar-refractivity contribution in [1.82, 2.24) is 0 Å². The Morgan fingerprint density at radius 3 is 1.95 bits per heavy atom. The number of hydrogen-bond donors (Lipinski definition) is 0. The van der Waals surface area contributed by atoms with Crippen molar-refractivity contribution in [1.29, 1.82) is 0 Å². The topological polar surface area (TPSA) is 18.5 Å². The lowest BCUT2D eigenvalue weighted by Crippen LogP contribution is -2.41. The lowest BCUT2D eigenvalue weighted by molar-refractivity contribution is 0.00578. The van der Waals surface area contributed by atoms with E-state index in [-0.39, 0.29) is 18.3 Å². The molecule has 1 aliphatic heterocycles. The van der Waals surface area contributed by atoms with E-state index < -0.39 is 0 Å². The first-order chi connectivity index (χ1) is 8.77. The fourth-order valence-electron chi connectivity index (χ4n) is 2.06. The van der Waals surface area contributed by atoms with Gasteiger partial charge in [0.05, 0.1) is 11.2 Å². The summed E-state index contributed by atoms with van der Waals surface area (Å²) in [5.41, 5.74) is 2.82. The minimum absolute atomic E-state index is 0.283. The van der Waals surface area contributed by atoms with Crippen molar-refractivity contribution in [3.8, 4) is 0 Å². The Hall–Kier alpha value is -1.06. The third kappa shape index (κ3) is 2.63. The van der Waals surface area contributed by atoms with E-state index >= 15 is 0 Å². The van der Waals surface area contributed by atoms with Gasteiger partial charge in [0.25, 0.3) is 0 Å². The van der Waals surface area contributed by atoms with Crippen LogP contribution in [0.5, 0.6) is 0 Å². The molecule has 0 aromatic heterocycles. The van der Waals surface area contributed by atoms with Gasteiger partial charge in [0.15, 0.2) is 0 Å². The molecule has 19 heavy (non-hydrogen) atoms. The fraction of sp³-hybridized carbons (Fsp3) is 0.500. The molecule has 3 heteroatoms. The second-order valence-electron chi connectivity index (χ2n) is 6.17. The van der Waals surface area contributed by atoms with E-state index in [2.05, 4.69) is 65.5 Å². The number of benzene rings is 1. The Morgan fingerprint density at radius 1 is 1.05 bits per heavy atom. The SMILES string of the molecule is C=C(CC)c1ccc(B2OC(C)(C)C(C)(C)O2)cc1. The van der Waals surface area contributed by atoms with Gasteiger partial charge in [-0.1, -0.05) is 37.8 Å². The van der Waals surface area contributed by atoms with Gasteiger partial charge in [-0.3, -0.25) is 0 Å². The van der Waals surface area contributed by atoms with Crippen molar-refractivity contribution in [3.05, 3.63) is 36.4 Å². The molecule has 1 heterocycles. The van der Waals surface area contributed by atoms with E-state index in [0.29, 0.717) is 0 Å². The molecular weight excluding hydrogens is 235 g/mol. The van der Waals surface area contributed by atoms with Crippen molar-refractivity contribution in [2.45, 2.75) is 52.2 Å². The summed E-state index contributed by atoms with van der Waals surface area (Å²) in [6.07, 6.45) is 0.968. The second-order valence-corrected chi connectivity index (χ2v) is 6.17. The first kappa shape index (κ1) is 14.4. The maximum atomic E-state index is 6.03. The summed E-state index contributed by atoms with van der Waals surface area (Å²) in [5, 5.41) is 0. The number of hydrogen-bond acceptors (Lipinski definition) is 2. The molecule has 1 saturated heterocycles. The molecule has 0 unspecified atom stereocenters. The van der Waals surface area contributed by atoms with E-state index in [9.17, 15) is 0 Å². The van der Waals surface area contributed by atoms with Crippen molar-refractivity contribution in [2.24, 2.45) is 0 Å². The molecule has 0 atom stereocenters. The van der Waals surface area contributed by atoms with Gasteiger partial charge in [-0.05, 0) is 50.7 Å². The first-order valence-corrected chi connectivity index (χ1v) is 6.90. The summed E-state index contributed by atoms with van der Waals surface area (Å²) in [4.78, 5) is 0. The lowest BCUT2D eigenvalue weighted by Gasteiger charge is -2.32. The van der Waals surface area contributed by atoms with Crippen LogP contribution in [-0.2, 0) is 9.31 Å². The van der Waals surface area contributed by atoms with Gasteiger partial charge in [0.2, 0.25) is 0 Å². The van der Waals surface area contributed by atoms with Gasteiger partial charge in [0.1, 0.15) is 0 Å². The van der Waals surface area contributed by atoms with Crippen LogP contribution in [0.25, 0.3) is 5.57 Å². The highest BCUT2D eigenvalue weighted by Crippen LogP contribution is 2.36. The maximum Gasteiger partial charge on any atom is 0.494 e. The van der Waals surface area contributed by atoms with Gasteiger partial charge in [-0.15, -0.1) is 0 Å². The molecule has 102 valence electrons. The van der Waals surface area contributed by atoms with Crippen LogP contribution in [0.1, 0.15) is 46.6 Å². The monoisotopic (exact) mass is 258 g/mol. The summed E-state index contributed by atoms with van der Waals surface area (Å²) >= 11 is 0. The summed E-state index contributed by atoms with van der Waals surface area (Å²) in [6.45, 7) is 14.4. The van der Waals surface area contributed by atoms with Gasteiger partial charge in [0, 0.05) is 0 Å². The van der Waals surface area contributed by atoms with Crippen LogP contribution < -0.4 is 5.46 Å². The van der Waals surface area contributed by atoms with E-state index in [4.69, 9.17) is 9.31 Å². The minimum atomic E-state index is -0.288. The quantitative estimate of drug-likeness (QED) is 0.773. The average molecular weight is 258 g/mol. The van der Waals surface area contributed by atoms with Crippen LogP contribution in [0.4, 0.5) is 0 Å². The van der Waals surface area contributed by atoms with E-state index in [1.54, 1.807) is 0 Å².